The summed E-state index contributed by atoms with van der Waals surface area (Å²) in [7, 11) is 0. The van der Waals surface area contributed by atoms with E-state index in [1.165, 1.54) is 11.1 Å². The van der Waals surface area contributed by atoms with E-state index in [0.29, 0.717) is 5.75 Å². The van der Waals surface area contributed by atoms with Crippen molar-refractivity contribution in [2.75, 3.05) is 6.61 Å². The van der Waals surface area contributed by atoms with Crippen molar-refractivity contribution in [2.45, 2.75) is 46.1 Å². The van der Waals surface area contributed by atoms with Crippen LogP contribution in [0.15, 0.2) is 46.9 Å². The zero-order chi connectivity index (χ0) is 18.6. The lowest BCUT2D eigenvalue weighted by Crippen LogP contribution is -2.31. The molecular formula is C21H26BrNO2. The van der Waals surface area contributed by atoms with E-state index in [4.69, 9.17) is 4.74 Å². The Bertz CT molecular complexity index is 733. The maximum atomic E-state index is 12.2. The second-order valence-corrected chi connectivity index (χ2v) is 8.24. The summed E-state index contributed by atoms with van der Waals surface area (Å²) in [5.74, 6) is 0.533. The monoisotopic (exact) mass is 403 g/mol. The van der Waals surface area contributed by atoms with Crippen molar-refractivity contribution in [3.05, 3.63) is 63.6 Å². The summed E-state index contributed by atoms with van der Waals surface area (Å²) in [6.45, 7) is 10.5. The summed E-state index contributed by atoms with van der Waals surface area (Å²) in [4.78, 5) is 12.2. The third kappa shape index (κ3) is 5.60. The predicted molar refractivity (Wildman–Crippen MR) is 106 cm³/mol. The molecule has 1 atom stereocenters. The molecule has 1 N–H and O–H groups in total. The van der Waals surface area contributed by atoms with Gasteiger partial charge in [-0.05, 0) is 58.5 Å². The number of benzene rings is 2. The Morgan fingerprint density at radius 1 is 1.16 bits per heavy atom. The van der Waals surface area contributed by atoms with E-state index in [0.717, 1.165) is 10.0 Å². The maximum Gasteiger partial charge on any atom is 0.258 e. The van der Waals surface area contributed by atoms with Crippen molar-refractivity contribution in [1.82, 2.24) is 5.32 Å². The van der Waals surface area contributed by atoms with E-state index in [1.807, 2.05) is 56.3 Å². The molecule has 1 amide bonds. The Labute approximate surface area is 158 Å². The van der Waals surface area contributed by atoms with Crippen molar-refractivity contribution in [1.29, 1.82) is 0 Å². The first-order valence-electron chi connectivity index (χ1n) is 8.45. The molecule has 0 saturated heterocycles. The van der Waals surface area contributed by atoms with Crippen LogP contribution in [-0.2, 0) is 10.2 Å². The summed E-state index contributed by atoms with van der Waals surface area (Å²) in [5, 5.41) is 2.96. The van der Waals surface area contributed by atoms with Crippen LogP contribution in [0.2, 0.25) is 0 Å². The highest BCUT2D eigenvalue weighted by Crippen LogP contribution is 2.31. The average molecular weight is 404 g/mol. The first kappa shape index (κ1) is 19.5. The van der Waals surface area contributed by atoms with Gasteiger partial charge in [0, 0.05) is 0 Å². The summed E-state index contributed by atoms with van der Waals surface area (Å²) in [6.07, 6.45) is 0. The van der Waals surface area contributed by atoms with E-state index in [-0.39, 0.29) is 24.0 Å². The molecule has 3 nitrogen and oxygen atoms in total. The Hall–Kier alpha value is -1.81. The lowest BCUT2D eigenvalue weighted by atomic mass is 9.87. The Morgan fingerprint density at radius 2 is 1.80 bits per heavy atom. The molecule has 0 bridgehead atoms. The molecule has 0 aliphatic heterocycles. The fourth-order valence-corrected chi connectivity index (χ4v) is 2.94. The summed E-state index contributed by atoms with van der Waals surface area (Å²) in [6, 6.07) is 14.1. The van der Waals surface area contributed by atoms with Crippen molar-refractivity contribution < 1.29 is 9.53 Å². The zero-order valence-electron chi connectivity index (χ0n) is 15.5. The molecule has 2 rings (SSSR count). The molecule has 2 aromatic carbocycles. The van der Waals surface area contributed by atoms with Crippen molar-refractivity contribution in [3.63, 3.8) is 0 Å². The van der Waals surface area contributed by atoms with Gasteiger partial charge in [0.05, 0.1) is 10.5 Å². The number of nitrogens with one attached hydrogen (secondary N) is 1. The largest absolute Gasteiger partial charge is 0.483 e. The second kappa shape index (κ2) is 8.05. The molecule has 0 fully saturated rings. The van der Waals surface area contributed by atoms with Gasteiger partial charge in [-0.3, -0.25) is 4.79 Å². The highest BCUT2D eigenvalue weighted by atomic mass is 79.9. The molecule has 0 heterocycles. The molecule has 0 saturated carbocycles. The molecule has 0 aliphatic rings. The van der Waals surface area contributed by atoms with Gasteiger partial charge in [0.15, 0.2) is 6.61 Å². The molecule has 0 spiro atoms. The van der Waals surface area contributed by atoms with Gasteiger partial charge < -0.3 is 10.1 Å². The molecular weight excluding hydrogens is 378 g/mol. The molecule has 0 aliphatic carbocycles. The van der Waals surface area contributed by atoms with Crippen LogP contribution in [0.5, 0.6) is 5.75 Å². The minimum atomic E-state index is -0.139. The van der Waals surface area contributed by atoms with Crippen LogP contribution in [0.4, 0.5) is 0 Å². The minimum Gasteiger partial charge on any atom is -0.483 e. The number of hydrogen-bond donors (Lipinski definition) is 1. The summed E-state index contributed by atoms with van der Waals surface area (Å²) >= 11 is 3.53. The Kier molecular flexibility index (Phi) is 6.28. The average Bonchev–Trinajstić information content (AvgIpc) is 2.53. The first-order valence-corrected chi connectivity index (χ1v) is 9.25. The number of rotatable bonds is 5. The lowest BCUT2D eigenvalue weighted by molar-refractivity contribution is -0.123. The predicted octanol–water partition coefficient (Wildman–Crippen LogP) is 5.31. The van der Waals surface area contributed by atoms with E-state index < -0.39 is 0 Å². The molecule has 25 heavy (non-hydrogen) atoms. The number of aryl methyl sites for hydroxylation is 1. The van der Waals surface area contributed by atoms with Gasteiger partial charge in [0.1, 0.15) is 5.75 Å². The van der Waals surface area contributed by atoms with Crippen molar-refractivity contribution >= 4 is 21.8 Å². The Balaban J connectivity index is 1.92. The van der Waals surface area contributed by atoms with E-state index in [9.17, 15) is 4.79 Å². The number of ether oxygens (including phenoxy) is 1. The minimum absolute atomic E-state index is 0.0103. The lowest BCUT2D eigenvalue weighted by Gasteiger charge is -2.20. The van der Waals surface area contributed by atoms with Gasteiger partial charge in [-0.25, -0.2) is 0 Å². The van der Waals surface area contributed by atoms with E-state index in [2.05, 4.69) is 42.0 Å². The van der Waals surface area contributed by atoms with E-state index >= 15 is 0 Å². The van der Waals surface area contributed by atoms with Crippen LogP contribution in [-0.4, -0.2) is 12.5 Å². The fourth-order valence-electron chi connectivity index (χ4n) is 2.45. The van der Waals surface area contributed by atoms with Crippen molar-refractivity contribution in [2.24, 2.45) is 0 Å². The van der Waals surface area contributed by atoms with Gasteiger partial charge in [-0.15, -0.1) is 0 Å². The number of amides is 1. The summed E-state index contributed by atoms with van der Waals surface area (Å²) < 4.78 is 6.52. The van der Waals surface area contributed by atoms with Gasteiger partial charge in [0.2, 0.25) is 0 Å². The van der Waals surface area contributed by atoms with Gasteiger partial charge >= 0.3 is 0 Å². The number of carbonyl (C=O) groups is 1. The highest BCUT2D eigenvalue weighted by molar-refractivity contribution is 9.10. The number of carbonyl (C=O) groups excluding carboxylic acids is 1. The molecule has 4 heteroatoms. The maximum absolute atomic E-state index is 12.2. The van der Waals surface area contributed by atoms with Crippen LogP contribution in [0.3, 0.4) is 0 Å². The topological polar surface area (TPSA) is 38.3 Å². The second-order valence-electron chi connectivity index (χ2n) is 7.38. The van der Waals surface area contributed by atoms with Gasteiger partial charge in [-0.2, -0.15) is 0 Å². The van der Waals surface area contributed by atoms with Gasteiger partial charge in [-0.1, -0.05) is 56.7 Å². The standard InChI is InChI=1S/C21H26BrNO2/c1-14-6-8-16(9-7-14)15(2)23-20(24)13-25-19-11-10-17(12-18(19)22)21(3,4)5/h6-12,15H,13H2,1-5H3,(H,23,24)/t15-/m0/s1. The first-order chi connectivity index (χ1) is 11.7. The number of halogens is 1. The third-order valence-electron chi connectivity index (χ3n) is 4.11. The summed E-state index contributed by atoms with van der Waals surface area (Å²) in [5.41, 5.74) is 3.56. The molecule has 134 valence electrons. The van der Waals surface area contributed by atoms with Crippen LogP contribution >= 0.6 is 15.9 Å². The molecule has 0 radical (unpaired) electrons. The highest BCUT2D eigenvalue weighted by Gasteiger charge is 2.16. The van der Waals surface area contributed by atoms with Crippen LogP contribution < -0.4 is 10.1 Å². The molecule has 0 unspecified atom stereocenters. The molecule has 0 aromatic heterocycles. The Morgan fingerprint density at radius 3 is 2.36 bits per heavy atom. The zero-order valence-corrected chi connectivity index (χ0v) is 17.1. The number of hydrogen-bond acceptors (Lipinski definition) is 2. The smallest absolute Gasteiger partial charge is 0.258 e. The van der Waals surface area contributed by atoms with Crippen LogP contribution in [0, 0.1) is 6.92 Å². The van der Waals surface area contributed by atoms with Crippen LogP contribution in [0.25, 0.3) is 0 Å². The normalized spacial score (nSPS) is 12.6. The van der Waals surface area contributed by atoms with Gasteiger partial charge in [0.25, 0.3) is 5.91 Å². The quantitative estimate of drug-likeness (QED) is 0.733. The van der Waals surface area contributed by atoms with Crippen molar-refractivity contribution in [3.8, 4) is 5.75 Å². The van der Waals surface area contributed by atoms with Crippen LogP contribution in [0.1, 0.15) is 50.4 Å². The fraction of sp³-hybridized carbons (Fsp3) is 0.381. The third-order valence-corrected chi connectivity index (χ3v) is 4.73. The van der Waals surface area contributed by atoms with E-state index in [1.54, 1.807) is 0 Å². The SMILES string of the molecule is Cc1ccc([C@H](C)NC(=O)COc2ccc(C(C)(C)C)cc2Br)cc1. The molecule has 2 aromatic rings.